The first-order valence-corrected chi connectivity index (χ1v) is 8.96. The molecule has 0 spiro atoms. The number of carbonyl (C=O) groups excluding carboxylic acids is 2. The molecule has 1 atom stereocenters. The molecule has 3 rings (SSSR count). The smallest absolute Gasteiger partial charge is 0.312 e. The van der Waals surface area contributed by atoms with Gasteiger partial charge in [-0.1, -0.05) is 43.0 Å². The molecule has 6 heteroatoms. The van der Waals surface area contributed by atoms with E-state index in [9.17, 15) is 9.59 Å². The average molecular weight is 344 g/mol. The second-order valence-corrected chi connectivity index (χ2v) is 6.63. The molecule has 0 aliphatic heterocycles. The number of aromatic nitrogens is 1. The van der Waals surface area contributed by atoms with Crippen LogP contribution in [0.4, 0.5) is 0 Å². The molecular formula is C19H24N2O4. The number of nitrogens with one attached hydrogen (secondary N) is 1. The van der Waals surface area contributed by atoms with Crippen molar-refractivity contribution in [2.45, 2.75) is 64.0 Å². The van der Waals surface area contributed by atoms with Crippen molar-refractivity contribution in [1.82, 2.24) is 10.5 Å². The van der Waals surface area contributed by atoms with Crippen molar-refractivity contribution in [2.75, 3.05) is 0 Å². The minimum Gasteiger partial charge on any atom is -0.452 e. The number of ether oxygens (including phenoxy) is 1. The summed E-state index contributed by atoms with van der Waals surface area (Å²) in [5.41, 5.74) is 1.15. The molecule has 1 aromatic carbocycles. The molecule has 1 aliphatic rings. The lowest BCUT2D eigenvalue weighted by Gasteiger charge is -2.19. The molecule has 1 aliphatic carbocycles. The van der Waals surface area contributed by atoms with Crippen LogP contribution in [0.25, 0.3) is 11.0 Å². The average Bonchev–Trinajstić information content (AvgIpc) is 2.82. The molecule has 1 amide bonds. The van der Waals surface area contributed by atoms with Crippen molar-refractivity contribution in [3.05, 3.63) is 30.0 Å². The van der Waals surface area contributed by atoms with Gasteiger partial charge in [0.1, 0.15) is 5.69 Å². The van der Waals surface area contributed by atoms with Crippen LogP contribution in [0.2, 0.25) is 0 Å². The SMILES string of the molecule is C[C@H](OC(=O)Cc1noc2ccccc12)C(=O)NC1CCCCCC1. The van der Waals surface area contributed by atoms with Gasteiger partial charge in [-0.15, -0.1) is 0 Å². The number of hydrogen-bond donors (Lipinski definition) is 1. The van der Waals surface area contributed by atoms with E-state index in [1.807, 2.05) is 18.2 Å². The number of hydrogen-bond acceptors (Lipinski definition) is 5. The lowest BCUT2D eigenvalue weighted by Crippen LogP contribution is -2.42. The highest BCUT2D eigenvalue weighted by molar-refractivity contribution is 5.86. The summed E-state index contributed by atoms with van der Waals surface area (Å²) in [4.78, 5) is 24.4. The fraction of sp³-hybridized carbons (Fsp3) is 0.526. The maximum Gasteiger partial charge on any atom is 0.312 e. The van der Waals surface area contributed by atoms with E-state index in [4.69, 9.17) is 9.26 Å². The van der Waals surface area contributed by atoms with Gasteiger partial charge in [0.15, 0.2) is 11.7 Å². The Labute approximate surface area is 146 Å². The third-order valence-corrected chi connectivity index (χ3v) is 4.64. The number of amides is 1. The van der Waals surface area contributed by atoms with E-state index >= 15 is 0 Å². The molecular weight excluding hydrogens is 320 g/mol. The van der Waals surface area contributed by atoms with E-state index in [-0.39, 0.29) is 18.4 Å². The Balaban J connectivity index is 1.52. The zero-order chi connectivity index (χ0) is 17.6. The van der Waals surface area contributed by atoms with Crippen molar-refractivity contribution >= 4 is 22.8 Å². The maximum absolute atomic E-state index is 12.3. The standard InChI is InChI=1S/C19H24N2O4/c1-13(19(23)20-14-8-4-2-3-5-9-14)24-18(22)12-16-15-10-6-7-11-17(15)25-21-16/h6-7,10-11,13-14H,2-5,8-9,12H2,1H3,(H,20,23)/t13-/m0/s1. The lowest BCUT2D eigenvalue weighted by molar-refractivity contribution is -0.154. The van der Waals surface area contributed by atoms with Crippen molar-refractivity contribution in [3.63, 3.8) is 0 Å². The number of para-hydroxylation sites is 1. The molecule has 6 nitrogen and oxygen atoms in total. The van der Waals surface area contributed by atoms with Crippen LogP contribution in [0.1, 0.15) is 51.1 Å². The van der Waals surface area contributed by atoms with Crippen molar-refractivity contribution in [3.8, 4) is 0 Å². The molecule has 1 heterocycles. The molecule has 0 saturated heterocycles. The molecule has 0 radical (unpaired) electrons. The Bertz CT molecular complexity index is 732. The van der Waals surface area contributed by atoms with Gasteiger partial charge in [0.25, 0.3) is 5.91 Å². The van der Waals surface area contributed by atoms with Crippen LogP contribution in [-0.2, 0) is 20.7 Å². The Kier molecular flexibility index (Phi) is 5.68. The Hall–Kier alpha value is -2.37. The van der Waals surface area contributed by atoms with Gasteiger partial charge in [-0.2, -0.15) is 0 Å². The van der Waals surface area contributed by atoms with E-state index in [1.54, 1.807) is 13.0 Å². The van der Waals surface area contributed by atoms with Crippen molar-refractivity contribution in [2.24, 2.45) is 0 Å². The minimum absolute atomic E-state index is 0.0158. The van der Waals surface area contributed by atoms with Gasteiger partial charge in [0.2, 0.25) is 0 Å². The van der Waals surface area contributed by atoms with E-state index < -0.39 is 12.1 Å². The Morgan fingerprint density at radius 2 is 1.96 bits per heavy atom. The highest BCUT2D eigenvalue weighted by Crippen LogP contribution is 2.19. The Morgan fingerprint density at radius 1 is 1.24 bits per heavy atom. The van der Waals surface area contributed by atoms with E-state index in [0.717, 1.165) is 31.1 Å². The topological polar surface area (TPSA) is 81.4 Å². The first-order valence-electron chi connectivity index (χ1n) is 8.96. The monoisotopic (exact) mass is 344 g/mol. The summed E-state index contributed by atoms with van der Waals surface area (Å²) in [6, 6.07) is 7.53. The van der Waals surface area contributed by atoms with E-state index in [0.29, 0.717) is 11.3 Å². The number of benzene rings is 1. The highest BCUT2D eigenvalue weighted by atomic mass is 16.5. The van der Waals surface area contributed by atoms with Gasteiger partial charge in [0, 0.05) is 11.4 Å². The van der Waals surface area contributed by atoms with Gasteiger partial charge in [-0.3, -0.25) is 9.59 Å². The largest absolute Gasteiger partial charge is 0.452 e. The van der Waals surface area contributed by atoms with Crippen LogP contribution in [-0.4, -0.2) is 29.2 Å². The number of esters is 1. The van der Waals surface area contributed by atoms with Crippen LogP contribution in [0.3, 0.4) is 0 Å². The van der Waals surface area contributed by atoms with Crippen molar-refractivity contribution < 1.29 is 18.8 Å². The third kappa shape index (κ3) is 4.59. The summed E-state index contributed by atoms with van der Waals surface area (Å²) < 4.78 is 10.5. The predicted molar refractivity (Wildman–Crippen MR) is 92.9 cm³/mol. The quantitative estimate of drug-likeness (QED) is 0.666. The van der Waals surface area contributed by atoms with Gasteiger partial charge in [-0.25, -0.2) is 0 Å². The number of rotatable bonds is 5. The Morgan fingerprint density at radius 3 is 2.72 bits per heavy atom. The normalized spacial score (nSPS) is 17.0. The number of carbonyl (C=O) groups is 2. The summed E-state index contributed by atoms with van der Waals surface area (Å²) >= 11 is 0. The van der Waals surface area contributed by atoms with Gasteiger partial charge >= 0.3 is 5.97 Å². The zero-order valence-corrected chi connectivity index (χ0v) is 14.5. The molecule has 134 valence electrons. The van der Waals surface area contributed by atoms with E-state index in [1.165, 1.54) is 12.8 Å². The summed E-state index contributed by atoms with van der Waals surface area (Å²) in [6.07, 6.45) is 5.89. The van der Waals surface area contributed by atoms with Gasteiger partial charge < -0.3 is 14.6 Å². The fourth-order valence-corrected chi connectivity index (χ4v) is 3.24. The number of nitrogens with zero attached hydrogens (tertiary/aromatic N) is 1. The summed E-state index contributed by atoms with van der Waals surface area (Å²) in [5.74, 6) is -0.715. The maximum atomic E-state index is 12.3. The molecule has 25 heavy (non-hydrogen) atoms. The molecule has 0 unspecified atom stereocenters. The van der Waals surface area contributed by atoms with E-state index in [2.05, 4.69) is 10.5 Å². The van der Waals surface area contributed by atoms with Crippen LogP contribution in [0, 0.1) is 0 Å². The number of fused-ring (bicyclic) bond motifs is 1. The van der Waals surface area contributed by atoms with Gasteiger partial charge in [0.05, 0.1) is 6.42 Å². The zero-order valence-electron chi connectivity index (χ0n) is 14.5. The second-order valence-electron chi connectivity index (χ2n) is 6.63. The third-order valence-electron chi connectivity index (χ3n) is 4.64. The summed E-state index contributed by atoms with van der Waals surface area (Å²) in [7, 11) is 0. The van der Waals surface area contributed by atoms with Crippen LogP contribution >= 0.6 is 0 Å². The summed E-state index contributed by atoms with van der Waals surface area (Å²) in [5, 5.41) is 7.70. The fourth-order valence-electron chi connectivity index (χ4n) is 3.24. The molecule has 1 saturated carbocycles. The minimum atomic E-state index is -0.811. The summed E-state index contributed by atoms with van der Waals surface area (Å²) in [6.45, 7) is 1.60. The first kappa shape index (κ1) is 17.5. The molecule has 2 aromatic rings. The van der Waals surface area contributed by atoms with Crippen molar-refractivity contribution in [1.29, 1.82) is 0 Å². The van der Waals surface area contributed by atoms with Crippen LogP contribution in [0.5, 0.6) is 0 Å². The lowest BCUT2D eigenvalue weighted by atomic mass is 10.1. The second kappa shape index (κ2) is 8.14. The first-order chi connectivity index (χ1) is 12.1. The predicted octanol–water partition coefficient (Wildman–Crippen LogP) is 3.14. The molecule has 1 N–H and O–H groups in total. The molecule has 1 fully saturated rings. The molecule has 1 aromatic heterocycles. The van der Waals surface area contributed by atoms with Crippen LogP contribution < -0.4 is 5.32 Å². The highest BCUT2D eigenvalue weighted by Gasteiger charge is 2.22. The van der Waals surface area contributed by atoms with Gasteiger partial charge in [-0.05, 0) is 31.9 Å². The molecule has 0 bridgehead atoms. The van der Waals surface area contributed by atoms with Crippen LogP contribution in [0.15, 0.2) is 28.8 Å².